The van der Waals surface area contributed by atoms with Crippen LogP contribution in [-0.2, 0) is 6.54 Å². The standard InChI is InChI=1S/C16H22FN3O/c1-11(2)19-9-4-3-6-12(19)10-20-15-13(17)7-5-8-14(15)18-16(20)21/h5,7-8,11-12H,3-4,6,9-10H2,1-2H3,(H,18,21). The highest BCUT2D eigenvalue weighted by Gasteiger charge is 2.26. The zero-order valence-electron chi connectivity index (χ0n) is 12.6. The summed E-state index contributed by atoms with van der Waals surface area (Å²) >= 11 is 0. The van der Waals surface area contributed by atoms with Crippen LogP contribution in [0.25, 0.3) is 11.0 Å². The highest BCUT2D eigenvalue weighted by atomic mass is 19.1. The number of H-pyrrole nitrogens is 1. The Labute approximate surface area is 123 Å². The number of fused-ring (bicyclic) bond motifs is 1. The van der Waals surface area contributed by atoms with Gasteiger partial charge in [-0.25, -0.2) is 9.18 Å². The lowest BCUT2D eigenvalue weighted by atomic mass is 10.0. The molecule has 0 amide bonds. The lowest BCUT2D eigenvalue weighted by Crippen LogP contribution is -2.46. The van der Waals surface area contributed by atoms with Crippen LogP contribution in [0.4, 0.5) is 4.39 Å². The normalized spacial score (nSPS) is 20.5. The molecule has 3 rings (SSSR count). The number of nitrogens with zero attached hydrogens (tertiary/aromatic N) is 2. The van der Waals surface area contributed by atoms with E-state index >= 15 is 0 Å². The number of aromatic amines is 1. The highest BCUT2D eigenvalue weighted by molar-refractivity contribution is 5.75. The third-order valence-corrected chi connectivity index (χ3v) is 4.47. The van der Waals surface area contributed by atoms with Crippen LogP contribution in [0.15, 0.2) is 23.0 Å². The molecule has 1 aliphatic heterocycles. The molecule has 1 aromatic heterocycles. The minimum Gasteiger partial charge on any atom is -0.305 e. The van der Waals surface area contributed by atoms with E-state index in [4.69, 9.17) is 0 Å². The summed E-state index contributed by atoms with van der Waals surface area (Å²) in [6.07, 6.45) is 3.44. The summed E-state index contributed by atoms with van der Waals surface area (Å²) in [4.78, 5) is 17.3. The first-order valence-electron chi connectivity index (χ1n) is 7.70. The molecule has 21 heavy (non-hydrogen) atoms. The number of hydrogen-bond acceptors (Lipinski definition) is 2. The van der Waals surface area contributed by atoms with Gasteiger partial charge in [-0.2, -0.15) is 0 Å². The number of piperidine rings is 1. The number of halogens is 1. The van der Waals surface area contributed by atoms with E-state index in [1.54, 1.807) is 16.7 Å². The Morgan fingerprint density at radius 2 is 2.19 bits per heavy atom. The van der Waals surface area contributed by atoms with Gasteiger partial charge in [-0.1, -0.05) is 12.5 Å². The molecule has 1 fully saturated rings. The molecule has 1 saturated heterocycles. The molecule has 114 valence electrons. The number of imidazole rings is 1. The maximum atomic E-state index is 14.1. The van der Waals surface area contributed by atoms with Gasteiger partial charge >= 0.3 is 5.69 Å². The number of benzene rings is 1. The van der Waals surface area contributed by atoms with Crippen LogP contribution in [-0.4, -0.2) is 33.1 Å². The van der Waals surface area contributed by atoms with Crippen molar-refractivity contribution in [3.63, 3.8) is 0 Å². The van der Waals surface area contributed by atoms with Crippen molar-refractivity contribution >= 4 is 11.0 Å². The fourth-order valence-electron chi connectivity index (χ4n) is 3.46. The molecule has 1 aliphatic rings. The Bertz CT molecular complexity index is 688. The molecule has 0 saturated carbocycles. The molecule has 0 aliphatic carbocycles. The second kappa shape index (κ2) is 5.64. The largest absolute Gasteiger partial charge is 0.326 e. The summed E-state index contributed by atoms with van der Waals surface area (Å²) in [5.41, 5.74) is 0.757. The van der Waals surface area contributed by atoms with Gasteiger partial charge in [0.25, 0.3) is 0 Å². The van der Waals surface area contributed by atoms with Gasteiger partial charge < -0.3 is 4.98 Å². The van der Waals surface area contributed by atoms with E-state index in [2.05, 4.69) is 23.7 Å². The molecule has 1 N–H and O–H groups in total. The van der Waals surface area contributed by atoms with E-state index in [0.717, 1.165) is 13.0 Å². The van der Waals surface area contributed by atoms with E-state index in [1.165, 1.54) is 18.9 Å². The fourth-order valence-corrected chi connectivity index (χ4v) is 3.46. The third kappa shape index (κ3) is 2.62. The average Bonchev–Trinajstić information content (AvgIpc) is 2.77. The Balaban J connectivity index is 1.97. The quantitative estimate of drug-likeness (QED) is 0.944. The van der Waals surface area contributed by atoms with Crippen LogP contribution in [0, 0.1) is 5.82 Å². The molecule has 2 aromatic rings. The van der Waals surface area contributed by atoms with Crippen LogP contribution in [0.1, 0.15) is 33.1 Å². The lowest BCUT2D eigenvalue weighted by molar-refractivity contribution is 0.0992. The van der Waals surface area contributed by atoms with Gasteiger partial charge in [0.15, 0.2) is 0 Å². The summed E-state index contributed by atoms with van der Waals surface area (Å²) in [6, 6.07) is 5.53. The number of aromatic nitrogens is 2. The van der Waals surface area contributed by atoms with Crippen molar-refractivity contribution in [1.29, 1.82) is 0 Å². The Hall–Kier alpha value is -1.62. The predicted octanol–water partition coefficient (Wildman–Crippen LogP) is 2.73. The van der Waals surface area contributed by atoms with E-state index in [9.17, 15) is 9.18 Å². The molecule has 0 bridgehead atoms. The molecule has 1 aromatic carbocycles. The first-order chi connectivity index (χ1) is 10.1. The van der Waals surface area contributed by atoms with Crippen LogP contribution >= 0.6 is 0 Å². The monoisotopic (exact) mass is 291 g/mol. The summed E-state index contributed by atoms with van der Waals surface area (Å²) in [7, 11) is 0. The van der Waals surface area contributed by atoms with Crippen molar-refractivity contribution in [3.8, 4) is 0 Å². The Morgan fingerprint density at radius 3 is 2.95 bits per heavy atom. The van der Waals surface area contributed by atoms with Gasteiger partial charge in [0.2, 0.25) is 0 Å². The zero-order chi connectivity index (χ0) is 15.0. The second-order valence-electron chi connectivity index (χ2n) is 6.16. The molecule has 5 heteroatoms. The summed E-state index contributed by atoms with van der Waals surface area (Å²) in [5.74, 6) is -0.335. The van der Waals surface area contributed by atoms with Crippen molar-refractivity contribution in [1.82, 2.24) is 14.5 Å². The minimum absolute atomic E-state index is 0.218. The highest BCUT2D eigenvalue weighted by Crippen LogP contribution is 2.22. The SMILES string of the molecule is CC(C)N1CCCCC1Cn1c(=O)[nH]c2cccc(F)c21. The number of nitrogens with one attached hydrogen (secondary N) is 1. The van der Waals surface area contributed by atoms with Crippen LogP contribution < -0.4 is 5.69 Å². The van der Waals surface area contributed by atoms with Crippen LogP contribution in [0.2, 0.25) is 0 Å². The first kappa shape index (κ1) is 14.3. The molecule has 1 unspecified atom stereocenters. The predicted molar refractivity (Wildman–Crippen MR) is 82.0 cm³/mol. The second-order valence-corrected chi connectivity index (χ2v) is 6.16. The smallest absolute Gasteiger partial charge is 0.305 e. The molecular weight excluding hydrogens is 269 g/mol. The van der Waals surface area contributed by atoms with Crippen LogP contribution in [0.3, 0.4) is 0 Å². The molecule has 0 spiro atoms. The van der Waals surface area contributed by atoms with E-state index in [1.807, 2.05) is 0 Å². The third-order valence-electron chi connectivity index (χ3n) is 4.47. The van der Waals surface area contributed by atoms with Crippen molar-refractivity contribution in [2.45, 2.75) is 51.7 Å². The minimum atomic E-state index is -0.335. The van der Waals surface area contributed by atoms with Crippen molar-refractivity contribution in [2.24, 2.45) is 0 Å². The van der Waals surface area contributed by atoms with Gasteiger partial charge in [0, 0.05) is 18.6 Å². The Morgan fingerprint density at radius 1 is 1.38 bits per heavy atom. The van der Waals surface area contributed by atoms with Crippen molar-refractivity contribution < 1.29 is 4.39 Å². The molecule has 0 radical (unpaired) electrons. The average molecular weight is 291 g/mol. The number of para-hydroxylation sites is 1. The molecular formula is C16H22FN3O. The molecule has 2 heterocycles. The van der Waals surface area contributed by atoms with E-state index in [0.29, 0.717) is 29.7 Å². The van der Waals surface area contributed by atoms with Gasteiger partial charge in [-0.15, -0.1) is 0 Å². The van der Waals surface area contributed by atoms with Gasteiger partial charge in [0.05, 0.1) is 5.52 Å². The maximum Gasteiger partial charge on any atom is 0.326 e. The van der Waals surface area contributed by atoms with E-state index in [-0.39, 0.29) is 11.5 Å². The number of hydrogen-bond donors (Lipinski definition) is 1. The Kier molecular flexibility index (Phi) is 3.85. The maximum absolute atomic E-state index is 14.1. The summed E-state index contributed by atoms with van der Waals surface area (Å²) in [5, 5.41) is 0. The lowest BCUT2D eigenvalue weighted by Gasteiger charge is -2.38. The van der Waals surface area contributed by atoms with Gasteiger partial charge in [-0.05, 0) is 45.4 Å². The summed E-state index contributed by atoms with van der Waals surface area (Å²) in [6.45, 7) is 5.97. The topological polar surface area (TPSA) is 41.0 Å². The van der Waals surface area contributed by atoms with Gasteiger partial charge in [-0.3, -0.25) is 9.47 Å². The fraction of sp³-hybridized carbons (Fsp3) is 0.562. The zero-order valence-corrected chi connectivity index (χ0v) is 12.6. The van der Waals surface area contributed by atoms with Crippen molar-refractivity contribution in [2.75, 3.05) is 6.54 Å². The summed E-state index contributed by atoms with van der Waals surface area (Å²) < 4.78 is 15.6. The number of rotatable bonds is 3. The number of likely N-dealkylation sites (tertiary alicyclic amines) is 1. The molecule has 1 atom stereocenters. The van der Waals surface area contributed by atoms with Crippen LogP contribution in [0.5, 0.6) is 0 Å². The van der Waals surface area contributed by atoms with Gasteiger partial charge in [0.1, 0.15) is 11.3 Å². The molecule has 4 nitrogen and oxygen atoms in total. The van der Waals surface area contributed by atoms with Crippen molar-refractivity contribution in [3.05, 3.63) is 34.5 Å². The first-order valence-corrected chi connectivity index (χ1v) is 7.70. The van der Waals surface area contributed by atoms with E-state index < -0.39 is 0 Å².